The van der Waals surface area contributed by atoms with Crippen LogP contribution in [0.4, 0.5) is 5.69 Å². The van der Waals surface area contributed by atoms with E-state index < -0.39 is 20.0 Å². The molecule has 0 spiro atoms. The number of halogens is 1. The summed E-state index contributed by atoms with van der Waals surface area (Å²) in [7, 11) is -7.30. The third-order valence-electron chi connectivity index (χ3n) is 5.83. The van der Waals surface area contributed by atoms with Crippen molar-refractivity contribution < 1.29 is 16.8 Å². The lowest BCUT2D eigenvalue weighted by Crippen LogP contribution is -2.37. The second-order valence-corrected chi connectivity index (χ2v) is 13.2. The molecule has 1 saturated heterocycles. The molecule has 8 nitrogen and oxygen atoms in total. The van der Waals surface area contributed by atoms with Crippen molar-refractivity contribution in [1.29, 1.82) is 0 Å². The Morgan fingerprint density at radius 2 is 1.79 bits per heavy atom. The molecule has 2 N–H and O–H groups in total. The zero-order chi connectivity index (χ0) is 23.9. The van der Waals surface area contributed by atoms with Crippen LogP contribution in [0.25, 0.3) is 11.0 Å². The molecule has 1 aliphatic heterocycles. The molecule has 3 heterocycles. The Bertz CT molecular complexity index is 1540. The zero-order valence-corrected chi connectivity index (χ0v) is 21.0. The number of nitrogens with zero attached hydrogens (tertiary/aromatic N) is 2. The highest BCUT2D eigenvalue weighted by molar-refractivity contribution is 7.92. The number of piperidine rings is 1. The SMILES string of the molecule is O=S(=O)(Nc1ccccc1Cl)c1ccc2nc(C3CCN(S(=O)(=O)c4cccs4)CC3)[nH]c2c1. The van der Waals surface area contributed by atoms with Crippen molar-refractivity contribution in [2.45, 2.75) is 27.9 Å². The summed E-state index contributed by atoms with van der Waals surface area (Å²) in [6.07, 6.45) is 1.26. The van der Waals surface area contributed by atoms with Crippen LogP contribution in [0.5, 0.6) is 0 Å². The molecule has 0 atom stereocenters. The number of rotatable bonds is 6. The molecule has 1 fully saturated rings. The third-order valence-corrected chi connectivity index (χ3v) is 10.8. The van der Waals surface area contributed by atoms with Crippen molar-refractivity contribution in [2.75, 3.05) is 17.8 Å². The van der Waals surface area contributed by atoms with E-state index in [0.717, 1.165) is 5.82 Å². The summed E-state index contributed by atoms with van der Waals surface area (Å²) in [4.78, 5) is 7.97. The van der Waals surface area contributed by atoms with Gasteiger partial charge in [-0.1, -0.05) is 29.8 Å². The van der Waals surface area contributed by atoms with E-state index in [1.165, 1.54) is 21.7 Å². The van der Waals surface area contributed by atoms with Gasteiger partial charge in [0.15, 0.2) is 0 Å². The lowest BCUT2D eigenvalue weighted by atomic mass is 9.97. The minimum Gasteiger partial charge on any atom is -0.342 e. The number of thiophene rings is 1. The number of aromatic nitrogens is 2. The number of fused-ring (bicyclic) bond motifs is 1. The lowest BCUT2D eigenvalue weighted by molar-refractivity contribution is 0.315. The Kier molecular flexibility index (Phi) is 6.15. The van der Waals surface area contributed by atoms with Crippen LogP contribution in [-0.2, 0) is 20.0 Å². The minimum atomic E-state index is -3.84. The van der Waals surface area contributed by atoms with Crippen molar-refractivity contribution in [1.82, 2.24) is 14.3 Å². The Hall–Kier alpha value is -2.44. The predicted molar refractivity (Wildman–Crippen MR) is 133 cm³/mol. The summed E-state index contributed by atoms with van der Waals surface area (Å²) in [5.74, 6) is 0.792. The van der Waals surface area contributed by atoms with Gasteiger partial charge in [-0.15, -0.1) is 11.3 Å². The second-order valence-electron chi connectivity index (χ2n) is 8.00. The van der Waals surface area contributed by atoms with Gasteiger partial charge in [-0.05, 0) is 54.6 Å². The number of aromatic amines is 1. The topological polar surface area (TPSA) is 112 Å². The summed E-state index contributed by atoms with van der Waals surface area (Å²) in [6.45, 7) is 0.812. The first-order valence-corrected chi connectivity index (χ1v) is 14.7. The number of para-hydroxylation sites is 1. The average Bonchev–Trinajstić information content (AvgIpc) is 3.51. The third kappa shape index (κ3) is 4.46. The molecule has 2 aromatic carbocycles. The molecule has 1 aliphatic rings. The van der Waals surface area contributed by atoms with E-state index in [1.54, 1.807) is 53.9 Å². The fraction of sp³-hybridized carbons (Fsp3) is 0.227. The average molecular weight is 537 g/mol. The number of H-pyrrole nitrogens is 1. The van der Waals surface area contributed by atoms with E-state index in [9.17, 15) is 16.8 Å². The molecule has 0 aliphatic carbocycles. The molecule has 2 aromatic heterocycles. The molecule has 34 heavy (non-hydrogen) atoms. The fourth-order valence-corrected chi connectivity index (χ4v) is 7.98. The molecule has 0 unspecified atom stereocenters. The number of nitrogens with one attached hydrogen (secondary N) is 2. The van der Waals surface area contributed by atoms with E-state index >= 15 is 0 Å². The van der Waals surface area contributed by atoms with Crippen LogP contribution in [-0.4, -0.2) is 44.2 Å². The van der Waals surface area contributed by atoms with Gasteiger partial charge in [-0.25, -0.2) is 21.8 Å². The van der Waals surface area contributed by atoms with Crippen LogP contribution in [0.3, 0.4) is 0 Å². The van der Waals surface area contributed by atoms with Crippen LogP contribution in [0, 0.1) is 0 Å². The first-order valence-electron chi connectivity index (χ1n) is 10.5. The molecule has 178 valence electrons. The highest BCUT2D eigenvalue weighted by Gasteiger charge is 2.31. The monoisotopic (exact) mass is 536 g/mol. The van der Waals surface area contributed by atoms with Gasteiger partial charge in [-0.2, -0.15) is 4.31 Å². The van der Waals surface area contributed by atoms with Gasteiger partial charge >= 0.3 is 0 Å². The maximum Gasteiger partial charge on any atom is 0.262 e. The van der Waals surface area contributed by atoms with E-state index in [2.05, 4.69) is 14.7 Å². The number of benzene rings is 2. The summed E-state index contributed by atoms with van der Waals surface area (Å²) in [5.41, 5.74) is 1.56. The quantitative estimate of drug-likeness (QED) is 0.372. The van der Waals surface area contributed by atoms with Crippen LogP contribution >= 0.6 is 22.9 Å². The number of anilines is 1. The van der Waals surface area contributed by atoms with Gasteiger partial charge in [-0.3, -0.25) is 4.72 Å². The maximum atomic E-state index is 12.9. The highest BCUT2D eigenvalue weighted by atomic mass is 35.5. The van der Waals surface area contributed by atoms with Crippen LogP contribution in [0.1, 0.15) is 24.6 Å². The Balaban J connectivity index is 1.33. The Morgan fingerprint density at radius 1 is 1.03 bits per heavy atom. The predicted octanol–water partition coefficient (Wildman–Crippen LogP) is 4.65. The zero-order valence-electron chi connectivity index (χ0n) is 17.8. The van der Waals surface area contributed by atoms with Crippen molar-refractivity contribution in [3.63, 3.8) is 0 Å². The van der Waals surface area contributed by atoms with Gasteiger partial charge in [0.05, 0.1) is 26.6 Å². The first kappa shape index (κ1) is 23.3. The molecule has 4 aromatic rings. The van der Waals surface area contributed by atoms with Gasteiger partial charge in [0, 0.05) is 19.0 Å². The molecule has 0 amide bonds. The maximum absolute atomic E-state index is 12.9. The van der Waals surface area contributed by atoms with Gasteiger partial charge in [0.1, 0.15) is 10.0 Å². The first-order chi connectivity index (χ1) is 16.2. The molecule has 5 rings (SSSR count). The molecule has 12 heteroatoms. The Labute approximate surface area is 206 Å². The summed E-state index contributed by atoms with van der Waals surface area (Å²) in [5, 5.41) is 2.07. The van der Waals surface area contributed by atoms with Crippen LogP contribution in [0.15, 0.2) is 69.1 Å². The summed E-state index contributed by atoms with van der Waals surface area (Å²) < 4.78 is 55.6. The lowest BCUT2D eigenvalue weighted by Gasteiger charge is -2.29. The summed E-state index contributed by atoms with van der Waals surface area (Å²) in [6, 6.07) is 14.7. The van der Waals surface area contributed by atoms with E-state index in [4.69, 9.17) is 11.6 Å². The summed E-state index contributed by atoms with van der Waals surface area (Å²) >= 11 is 7.30. The van der Waals surface area contributed by atoms with Crippen molar-refractivity contribution >= 4 is 59.7 Å². The number of imidazole rings is 1. The molecule has 0 saturated carbocycles. The number of sulfonamides is 2. The smallest absolute Gasteiger partial charge is 0.262 e. The van der Waals surface area contributed by atoms with Crippen molar-refractivity contribution in [3.8, 4) is 0 Å². The molecular formula is C22H21ClN4O4S3. The van der Waals surface area contributed by atoms with Crippen LogP contribution < -0.4 is 4.72 Å². The second kappa shape index (κ2) is 8.97. The number of hydrogen-bond donors (Lipinski definition) is 2. The van der Waals surface area contributed by atoms with Crippen LogP contribution in [0.2, 0.25) is 5.02 Å². The Morgan fingerprint density at radius 3 is 2.50 bits per heavy atom. The standard InChI is InChI=1S/C22H21ClN4O4S3/c23-17-4-1-2-5-18(17)26-33(28,29)16-7-8-19-20(14-16)25-22(24-19)15-9-11-27(12-10-15)34(30,31)21-6-3-13-32-21/h1-8,13-15,26H,9-12H2,(H,24,25). The fourth-order valence-electron chi connectivity index (χ4n) is 4.02. The van der Waals surface area contributed by atoms with E-state index in [1.807, 2.05) is 0 Å². The minimum absolute atomic E-state index is 0.0588. The highest BCUT2D eigenvalue weighted by Crippen LogP contribution is 2.32. The van der Waals surface area contributed by atoms with E-state index in [-0.39, 0.29) is 10.8 Å². The van der Waals surface area contributed by atoms with E-state index in [0.29, 0.717) is 51.9 Å². The van der Waals surface area contributed by atoms with Crippen molar-refractivity contribution in [2.24, 2.45) is 0 Å². The largest absolute Gasteiger partial charge is 0.342 e. The molecular weight excluding hydrogens is 516 g/mol. The van der Waals surface area contributed by atoms with Gasteiger partial charge in [0.2, 0.25) is 0 Å². The van der Waals surface area contributed by atoms with Gasteiger partial charge < -0.3 is 4.98 Å². The molecule has 0 radical (unpaired) electrons. The number of hydrogen-bond acceptors (Lipinski definition) is 6. The molecule has 0 bridgehead atoms. The van der Waals surface area contributed by atoms with Crippen molar-refractivity contribution in [3.05, 3.63) is 70.8 Å². The van der Waals surface area contributed by atoms with Gasteiger partial charge in [0.25, 0.3) is 20.0 Å². The normalized spacial score (nSPS) is 16.1.